The average molecular weight is 325 g/mol. The minimum absolute atomic E-state index is 0.0212. The van der Waals surface area contributed by atoms with Crippen molar-refractivity contribution in [3.63, 3.8) is 0 Å². The van der Waals surface area contributed by atoms with Crippen molar-refractivity contribution in [3.8, 4) is 0 Å². The molecule has 1 aromatic heterocycles. The lowest BCUT2D eigenvalue weighted by molar-refractivity contribution is 0.185. The van der Waals surface area contributed by atoms with Gasteiger partial charge in [-0.05, 0) is 57.8 Å². The van der Waals surface area contributed by atoms with E-state index in [1.54, 1.807) is 6.92 Å². The molecule has 19 heavy (non-hydrogen) atoms. The van der Waals surface area contributed by atoms with Gasteiger partial charge in [-0.25, -0.2) is 0 Å². The second-order valence-corrected chi connectivity index (χ2v) is 10.8. The molecular formula is C11H20NO4PS2. The maximum atomic E-state index is 11.6. The van der Waals surface area contributed by atoms with Gasteiger partial charge in [0, 0.05) is 6.07 Å². The summed E-state index contributed by atoms with van der Waals surface area (Å²) in [6, 6.07) is 1.44. The fourth-order valence-corrected chi connectivity index (χ4v) is 6.53. The van der Waals surface area contributed by atoms with Gasteiger partial charge >= 0.3 is 0 Å². The van der Waals surface area contributed by atoms with Gasteiger partial charge in [-0.2, -0.15) is 4.74 Å². The minimum atomic E-state index is -2.48. The molecule has 0 amide bonds. The van der Waals surface area contributed by atoms with E-state index in [1.807, 2.05) is 27.7 Å². The summed E-state index contributed by atoms with van der Waals surface area (Å²) in [4.78, 5) is 11.6. The van der Waals surface area contributed by atoms with E-state index in [1.165, 1.54) is 22.2 Å². The van der Waals surface area contributed by atoms with Crippen LogP contribution in [-0.2, 0) is 26.7 Å². The van der Waals surface area contributed by atoms with Gasteiger partial charge in [0.15, 0.2) is 0 Å². The molecule has 0 radical (unpaired) electrons. The lowest BCUT2D eigenvalue weighted by Crippen LogP contribution is -2.12. The first-order chi connectivity index (χ1) is 8.72. The molecule has 0 atom stereocenters. The van der Waals surface area contributed by atoms with Crippen molar-refractivity contribution in [2.75, 3.05) is 0 Å². The lowest BCUT2D eigenvalue weighted by atomic mass is 10.5. The Kier molecular flexibility index (Phi) is 6.33. The Morgan fingerprint density at radius 3 is 2.26 bits per heavy atom. The van der Waals surface area contributed by atoms with Crippen LogP contribution in [0.2, 0.25) is 0 Å². The summed E-state index contributed by atoms with van der Waals surface area (Å²) >= 11 is 6.79. The maximum absolute atomic E-state index is 11.6. The summed E-state index contributed by atoms with van der Waals surface area (Å²) in [6.45, 7) is 9.37. The van der Waals surface area contributed by atoms with Crippen LogP contribution in [0.3, 0.4) is 0 Å². The number of hydrogen-bond acceptors (Lipinski definition) is 6. The smallest absolute Gasteiger partial charge is 0.283 e. The molecule has 1 aromatic rings. The second-order valence-electron chi connectivity index (χ2n) is 4.58. The summed E-state index contributed by atoms with van der Waals surface area (Å²) < 4.78 is 18.0. The number of aromatic nitrogens is 1. The van der Waals surface area contributed by atoms with E-state index in [9.17, 15) is 4.79 Å². The standard InChI is InChI=1S/C11H20NO4PS2/c1-8(2)15-17(18,16-9(3)4)19-7-12-11(13)6-10(5)14-12/h6,8-9H,7H2,1-5H3. The molecule has 0 spiro atoms. The molecule has 0 N–H and O–H groups in total. The summed E-state index contributed by atoms with van der Waals surface area (Å²) in [5.41, 5.74) is -2.66. The summed E-state index contributed by atoms with van der Waals surface area (Å²) in [5.74, 6) is 0.872. The molecule has 110 valence electrons. The average Bonchev–Trinajstić information content (AvgIpc) is 2.52. The van der Waals surface area contributed by atoms with Crippen molar-refractivity contribution < 1.29 is 13.6 Å². The van der Waals surface area contributed by atoms with Gasteiger partial charge in [-0.1, -0.05) is 0 Å². The van der Waals surface area contributed by atoms with Crippen molar-refractivity contribution in [1.29, 1.82) is 0 Å². The molecule has 0 saturated heterocycles. The molecule has 1 heterocycles. The highest BCUT2D eigenvalue weighted by Crippen LogP contribution is 2.62. The van der Waals surface area contributed by atoms with E-state index in [0.29, 0.717) is 11.6 Å². The van der Waals surface area contributed by atoms with Gasteiger partial charge in [-0.3, -0.25) is 4.79 Å². The van der Waals surface area contributed by atoms with Crippen LogP contribution in [0.25, 0.3) is 0 Å². The molecule has 1 rings (SSSR count). The third-order valence-corrected chi connectivity index (χ3v) is 7.14. The van der Waals surface area contributed by atoms with Crippen LogP contribution >= 0.6 is 17.1 Å². The van der Waals surface area contributed by atoms with E-state index >= 15 is 0 Å². The number of rotatable bonds is 7. The van der Waals surface area contributed by atoms with Crippen molar-refractivity contribution in [3.05, 3.63) is 22.2 Å². The van der Waals surface area contributed by atoms with Gasteiger partial charge in [0.2, 0.25) is 5.69 Å². The largest absolute Gasteiger partial charge is 0.380 e. The fourth-order valence-electron chi connectivity index (χ4n) is 1.31. The third kappa shape index (κ3) is 5.83. The third-order valence-electron chi connectivity index (χ3n) is 1.84. The summed E-state index contributed by atoms with van der Waals surface area (Å²) in [7, 11) is 0. The van der Waals surface area contributed by atoms with Gasteiger partial charge in [0.25, 0.3) is 5.56 Å². The van der Waals surface area contributed by atoms with Crippen molar-refractivity contribution >= 4 is 28.9 Å². The second kappa shape index (κ2) is 7.09. The predicted octanol–water partition coefficient (Wildman–Crippen LogP) is 3.51. The summed E-state index contributed by atoms with van der Waals surface area (Å²) in [5, 5.41) is 0. The van der Waals surface area contributed by atoms with Gasteiger partial charge < -0.3 is 13.6 Å². The van der Waals surface area contributed by atoms with E-state index < -0.39 is 5.69 Å². The highest BCUT2D eigenvalue weighted by Gasteiger charge is 2.24. The van der Waals surface area contributed by atoms with Crippen LogP contribution in [0, 0.1) is 6.92 Å². The van der Waals surface area contributed by atoms with Gasteiger partial charge in [-0.15, -0.1) is 0 Å². The lowest BCUT2D eigenvalue weighted by Gasteiger charge is -2.25. The van der Waals surface area contributed by atoms with E-state index in [4.69, 9.17) is 25.4 Å². The zero-order chi connectivity index (χ0) is 14.6. The first kappa shape index (κ1) is 17.0. The van der Waals surface area contributed by atoms with Crippen LogP contribution in [0.5, 0.6) is 0 Å². The summed E-state index contributed by atoms with van der Waals surface area (Å²) in [6.07, 6.45) is -0.0423. The van der Waals surface area contributed by atoms with Crippen molar-refractivity contribution in [1.82, 2.24) is 4.74 Å². The minimum Gasteiger partial charge on any atom is -0.380 e. The number of hydrogen-bond donors (Lipinski definition) is 0. The number of nitrogens with zero attached hydrogens (tertiary/aromatic N) is 1. The quantitative estimate of drug-likeness (QED) is 0.715. The van der Waals surface area contributed by atoms with E-state index in [2.05, 4.69) is 0 Å². The van der Waals surface area contributed by atoms with E-state index in [0.717, 1.165) is 0 Å². The van der Waals surface area contributed by atoms with Crippen LogP contribution in [0.1, 0.15) is 33.5 Å². The highest BCUT2D eigenvalue weighted by molar-refractivity contribution is 8.67. The molecular weight excluding hydrogens is 305 g/mol. The van der Waals surface area contributed by atoms with Crippen LogP contribution in [-0.4, -0.2) is 16.9 Å². The Bertz CT molecular complexity index is 495. The molecule has 0 aliphatic rings. The Morgan fingerprint density at radius 2 is 1.89 bits per heavy atom. The monoisotopic (exact) mass is 325 g/mol. The Hall–Kier alpha value is -0.0700. The molecule has 0 aromatic carbocycles. The van der Waals surface area contributed by atoms with Gasteiger partial charge in [0.05, 0.1) is 12.2 Å². The predicted molar refractivity (Wildman–Crippen MR) is 82.0 cm³/mol. The SMILES string of the molecule is Cc1cc(=O)n(CSP(=S)(OC(C)C)OC(C)C)o1. The van der Waals surface area contributed by atoms with E-state index in [-0.39, 0.29) is 17.8 Å². The first-order valence-electron chi connectivity index (χ1n) is 6.01. The molecule has 0 fully saturated rings. The van der Waals surface area contributed by atoms with Crippen molar-refractivity contribution in [2.24, 2.45) is 0 Å². The molecule has 0 unspecified atom stereocenters. The number of aryl methyl sites for hydroxylation is 1. The van der Waals surface area contributed by atoms with Crippen LogP contribution < -0.4 is 5.56 Å². The Balaban J connectivity index is 2.75. The molecule has 8 heteroatoms. The topological polar surface area (TPSA) is 53.6 Å². The molecule has 0 aliphatic carbocycles. The van der Waals surface area contributed by atoms with Crippen LogP contribution in [0.4, 0.5) is 0 Å². The molecule has 0 bridgehead atoms. The fraction of sp³-hybridized carbons (Fsp3) is 0.727. The van der Waals surface area contributed by atoms with Crippen LogP contribution in [0.15, 0.2) is 15.4 Å². The van der Waals surface area contributed by atoms with Gasteiger partial charge in [0.1, 0.15) is 11.6 Å². The maximum Gasteiger partial charge on any atom is 0.283 e. The molecule has 0 aliphatic heterocycles. The normalized spacial score (nSPS) is 12.6. The molecule has 0 saturated carbocycles. The molecule has 5 nitrogen and oxygen atoms in total. The Morgan fingerprint density at radius 1 is 1.37 bits per heavy atom. The first-order valence-corrected chi connectivity index (χ1v) is 10.2. The van der Waals surface area contributed by atoms with Crippen molar-refractivity contribution in [2.45, 2.75) is 52.7 Å². The zero-order valence-electron chi connectivity index (χ0n) is 11.8. The Labute approximate surface area is 122 Å². The highest BCUT2D eigenvalue weighted by atomic mass is 32.9. The zero-order valence-corrected chi connectivity index (χ0v) is 14.3.